The first-order valence-electron chi connectivity index (χ1n) is 9.38. The zero-order chi connectivity index (χ0) is 16.4. The summed E-state index contributed by atoms with van der Waals surface area (Å²) in [7, 11) is 1.76. The Morgan fingerprint density at radius 2 is 1.88 bits per heavy atom. The quantitative estimate of drug-likeness (QED) is 0.825. The zero-order valence-corrected chi connectivity index (χ0v) is 14.8. The van der Waals surface area contributed by atoms with Gasteiger partial charge in [-0.3, -0.25) is 9.80 Å². The van der Waals surface area contributed by atoms with Crippen LogP contribution >= 0.6 is 0 Å². The second-order valence-corrected chi connectivity index (χ2v) is 7.29. The van der Waals surface area contributed by atoms with E-state index in [9.17, 15) is 0 Å². The molecule has 1 aromatic heterocycles. The van der Waals surface area contributed by atoms with E-state index in [-0.39, 0.29) is 0 Å². The van der Waals surface area contributed by atoms with Crippen LogP contribution in [-0.2, 0) is 17.6 Å². The molecule has 6 heteroatoms. The predicted octanol–water partition coefficient (Wildman–Crippen LogP) is 1.16. The van der Waals surface area contributed by atoms with Crippen LogP contribution in [0.25, 0.3) is 0 Å². The molecule has 3 aliphatic rings. The van der Waals surface area contributed by atoms with Gasteiger partial charge in [-0.25, -0.2) is 9.97 Å². The number of piperazine rings is 1. The summed E-state index contributed by atoms with van der Waals surface area (Å²) in [6, 6.07) is 0.854. The molecule has 0 N–H and O–H groups in total. The lowest BCUT2D eigenvalue weighted by Crippen LogP contribution is -2.52. The summed E-state index contributed by atoms with van der Waals surface area (Å²) in [6.07, 6.45) is 8.29. The number of fused-ring (bicyclic) bond motifs is 1. The second kappa shape index (κ2) is 7.33. The highest BCUT2D eigenvalue weighted by atomic mass is 16.5. The van der Waals surface area contributed by atoms with Crippen LogP contribution in [0, 0.1) is 0 Å². The van der Waals surface area contributed by atoms with E-state index >= 15 is 0 Å². The minimum absolute atomic E-state index is 0.706. The summed E-state index contributed by atoms with van der Waals surface area (Å²) >= 11 is 0. The number of aromatic nitrogens is 2. The lowest BCUT2D eigenvalue weighted by molar-refractivity contribution is 0.0664. The molecule has 3 heterocycles. The van der Waals surface area contributed by atoms with Crippen molar-refractivity contribution in [2.24, 2.45) is 0 Å². The standard InChI is InChI=1S/C18H29N5O/c1-24-14-21-7-5-15-13-19-18(20-17(15)6-8-21)23-11-9-22(10-12-23)16-3-2-4-16/h13,16H,2-12,14H2,1H3. The van der Waals surface area contributed by atoms with Gasteiger partial charge in [-0.2, -0.15) is 0 Å². The highest BCUT2D eigenvalue weighted by Crippen LogP contribution is 2.26. The van der Waals surface area contributed by atoms with E-state index in [2.05, 4.69) is 25.9 Å². The third-order valence-corrected chi connectivity index (χ3v) is 5.80. The van der Waals surface area contributed by atoms with E-state index in [1.54, 1.807) is 7.11 Å². The molecule has 24 heavy (non-hydrogen) atoms. The molecule has 0 bridgehead atoms. The molecule has 4 rings (SSSR count). The molecule has 1 saturated heterocycles. The van der Waals surface area contributed by atoms with Crippen LogP contribution < -0.4 is 4.90 Å². The summed E-state index contributed by atoms with van der Waals surface area (Å²) in [6.45, 7) is 7.20. The maximum atomic E-state index is 5.27. The summed E-state index contributed by atoms with van der Waals surface area (Å²) in [5, 5.41) is 0. The van der Waals surface area contributed by atoms with E-state index in [1.165, 1.54) is 30.5 Å². The summed E-state index contributed by atoms with van der Waals surface area (Å²) in [5.74, 6) is 0.933. The van der Waals surface area contributed by atoms with Gasteiger partial charge in [-0.15, -0.1) is 0 Å². The first-order chi connectivity index (χ1) is 11.8. The van der Waals surface area contributed by atoms with Gasteiger partial charge in [0.15, 0.2) is 0 Å². The first-order valence-corrected chi connectivity index (χ1v) is 9.38. The zero-order valence-electron chi connectivity index (χ0n) is 14.8. The monoisotopic (exact) mass is 331 g/mol. The molecule has 6 nitrogen and oxygen atoms in total. The van der Waals surface area contributed by atoms with E-state index in [1.807, 2.05) is 0 Å². The van der Waals surface area contributed by atoms with Crippen LogP contribution in [0.15, 0.2) is 6.20 Å². The Morgan fingerprint density at radius 3 is 2.58 bits per heavy atom. The Labute approximate surface area is 144 Å². The van der Waals surface area contributed by atoms with Crippen LogP contribution in [-0.4, -0.2) is 78.9 Å². The Morgan fingerprint density at radius 1 is 1.08 bits per heavy atom. The summed E-state index contributed by atoms with van der Waals surface area (Å²) < 4.78 is 5.27. The normalized spacial score (nSPS) is 23.6. The Hall–Kier alpha value is -1.24. The minimum Gasteiger partial charge on any atom is -0.369 e. The Kier molecular flexibility index (Phi) is 4.96. The molecule has 1 aromatic rings. The molecule has 0 radical (unpaired) electrons. The van der Waals surface area contributed by atoms with Gasteiger partial charge < -0.3 is 9.64 Å². The number of methoxy groups -OCH3 is 1. The molecule has 0 aromatic carbocycles. The van der Waals surface area contributed by atoms with Crippen LogP contribution in [0.4, 0.5) is 5.95 Å². The number of rotatable bonds is 4. The summed E-state index contributed by atoms with van der Waals surface area (Å²) in [5.41, 5.74) is 2.55. The minimum atomic E-state index is 0.706. The number of anilines is 1. The molecule has 1 saturated carbocycles. The molecule has 1 aliphatic carbocycles. The SMILES string of the molecule is COCN1CCc2cnc(N3CCN(C4CCC4)CC3)nc2CC1. The van der Waals surface area contributed by atoms with Crippen molar-refractivity contribution in [3.05, 3.63) is 17.5 Å². The van der Waals surface area contributed by atoms with Crippen LogP contribution in [0.1, 0.15) is 30.5 Å². The average molecular weight is 331 g/mol. The van der Waals surface area contributed by atoms with Gasteiger partial charge in [0, 0.05) is 65.0 Å². The number of hydrogen-bond acceptors (Lipinski definition) is 6. The van der Waals surface area contributed by atoms with Crippen molar-refractivity contribution in [2.75, 3.05) is 58.0 Å². The molecular weight excluding hydrogens is 302 g/mol. The molecule has 0 amide bonds. The second-order valence-electron chi connectivity index (χ2n) is 7.29. The van der Waals surface area contributed by atoms with Crippen molar-refractivity contribution >= 4 is 5.95 Å². The maximum Gasteiger partial charge on any atom is 0.225 e. The van der Waals surface area contributed by atoms with E-state index in [0.717, 1.165) is 64.1 Å². The van der Waals surface area contributed by atoms with Gasteiger partial charge in [0.1, 0.15) is 0 Å². The number of ether oxygens (including phenoxy) is 1. The van der Waals surface area contributed by atoms with E-state index in [4.69, 9.17) is 9.72 Å². The molecule has 0 unspecified atom stereocenters. The van der Waals surface area contributed by atoms with Gasteiger partial charge in [-0.1, -0.05) is 6.42 Å². The highest BCUT2D eigenvalue weighted by Gasteiger charge is 2.28. The van der Waals surface area contributed by atoms with Crippen molar-refractivity contribution in [1.29, 1.82) is 0 Å². The molecule has 132 valence electrons. The van der Waals surface area contributed by atoms with E-state index in [0.29, 0.717) is 6.73 Å². The Balaban J connectivity index is 1.39. The van der Waals surface area contributed by atoms with E-state index < -0.39 is 0 Å². The van der Waals surface area contributed by atoms with Crippen molar-refractivity contribution in [1.82, 2.24) is 19.8 Å². The topological polar surface area (TPSA) is 44.7 Å². The Bertz CT molecular complexity index is 554. The van der Waals surface area contributed by atoms with Gasteiger partial charge >= 0.3 is 0 Å². The fourth-order valence-electron chi connectivity index (χ4n) is 4.01. The molecule has 0 spiro atoms. The smallest absolute Gasteiger partial charge is 0.225 e. The van der Waals surface area contributed by atoms with Gasteiger partial charge in [0.05, 0.1) is 12.4 Å². The van der Waals surface area contributed by atoms with Gasteiger partial charge in [0.25, 0.3) is 0 Å². The largest absolute Gasteiger partial charge is 0.369 e. The van der Waals surface area contributed by atoms with Crippen LogP contribution in [0.5, 0.6) is 0 Å². The third-order valence-electron chi connectivity index (χ3n) is 5.80. The fourth-order valence-corrected chi connectivity index (χ4v) is 4.01. The molecule has 2 fully saturated rings. The van der Waals surface area contributed by atoms with Crippen molar-refractivity contribution < 1.29 is 4.74 Å². The van der Waals surface area contributed by atoms with Crippen LogP contribution in [0.2, 0.25) is 0 Å². The summed E-state index contributed by atoms with van der Waals surface area (Å²) in [4.78, 5) is 17.0. The molecule has 0 atom stereocenters. The lowest BCUT2D eigenvalue weighted by Gasteiger charge is -2.43. The predicted molar refractivity (Wildman–Crippen MR) is 94.3 cm³/mol. The van der Waals surface area contributed by atoms with Gasteiger partial charge in [0.2, 0.25) is 5.95 Å². The van der Waals surface area contributed by atoms with Crippen molar-refractivity contribution in [3.8, 4) is 0 Å². The molecular formula is C18H29N5O. The van der Waals surface area contributed by atoms with Gasteiger partial charge in [-0.05, 0) is 24.8 Å². The maximum absolute atomic E-state index is 5.27. The lowest BCUT2D eigenvalue weighted by atomic mass is 9.91. The fraction of sp³-hybridized carbons (Fsp3) is 0.778. The first kappa shape index (κ1) is 16.2. The van der Waals surface area contributed by atoms with Crippen molar-refractivity contribution in [2.45, 2.75) is 38.1 Å². The average Bonchev–Trinajstić information content (AvgIpc) is 2.77. The third kappa shape index (κ3) is 3.41. The molecule has 2 aliphatic heterocycles. The highest BCUT2D eigenvalue weighted by molar-refractivity contribution is 5.34. The van der Waals surface area contributed by atoms with Crippen LogP contribution in [0.3, 0.4) is 0 Å². The number of hydrogen-bond donors (Lipinski definition) is 0. The van der Waals surface area contributed by atoms with Crippen molar-refractivity contribution in [3.63, 3.8) is 0 Å². The number of nitrogens with zero attached hydrogens (tertiary/aromatic N) is 5.